The van der Waals surface area contributed by atoms with Crippen LogP contribution in [0.4, 0.5) is 0 Å². The smallest absolute Gasteiger partial charge is 0.357 e. The first kappa shape index (κ1) is 22.2. The van der Waals surface area contributed by atoms with Crippen LogP contribution in [0.5, 0.6) is 5.75 Å². The minimum absolute atomic E-state index is 0.192. The minimum atomic E-state index is -1.89. The molecular formula is C20H24N2O7. The number of amides is 2. The number of nitrogens with zero attached hydrogens (tertiary/aromatic N) is 1. The van der Waals surface area contributed by atoms with E-state index in [2.05, 4.69) is 11.2 Å². The maximum atomic E-state index is 12.4. The van der Waals surface area contributed by atoms with E-state index in [0.29, 0.717) is 5.75 Å². The number of hydrogen-bond donors (Lipinski definition) is 2. The number of nitrogens with one attached hydrogen (secondary N) is 1. The maximum Gasteiger partial charge on any atom is 0.357 e. The van der Waals surface area contributed by atoms with Gasteiger partial charge < -0.3 is 24.6 Å². The van der Waals surface area contributed by atoms with Gasteiger partial charge in [-0.05, 0) is 32.9 Å². The fraction of sp³-hybridized carbons (Fsp3) is 0.450. The monoisotopic (exact) mass is 404 g/mol. The standard InChI is InChI=1S/C20H24N2O7/c1-5-11-27-18-15(21-14(23)12-28-13-9-7-6-8-10-13)16(24)22(18)17(25)19(26)29-20(2,3)4/h1,6-10,15,17-18,25H,11-12H2,2-4H3,(H,21,23)/t15-,17?,18-/m0/s1. The number of aliphatic hydroxyl groups excluding tert-OH is 1. The lowest BCUT2D eigenvalue weighted by Crippen LogP contribution is -2.75. The molecule has 1 unspecified atom stereocenters. The molecule has 0 bridgehead atoms. The predicted octanol–water partition coefficient (Wildman–Crippen LogP) is 0.0284. The Labute approximate surface area is 168 Å². The molecule has 0 saturated carbocycles. The Morgan fingerprint density at radius 3 is 2.55 bits per heavy atom. The molecule has 2 rings (SSSR count). The quantitative estimate of drug-likeness (QED) is 0.357. The highest BCUT2D eigenvalue weighted by atomic mass is 16.6. The van der Waals surface area contributed by atoms with Gasteiger partial charge in [0.05, 0.1) is 0 Å². The molecule has 1 aliphatic heterocycles. The number of likely N-dealkylation sites (tertiary alicyclic amines) is 1. The number of carbonyl (C=O) groups is 3. The molecule has 1 aromatic rings. The lowest BCUT2D eigenvalue weighted by atomic mass is 10.0. The van der Waals surface area contributed by atoms with Crippen molar-refractivity contribution in [1.82, 2.24) is 10.2 Å². The van der Waals surface area contributed by atoms with Crippen LogP contribution in [0.25, 0.3) is 0 Å². The van der Waals surface area contributed by atoms with Crippen LogP contribution in [-0.2, 0) is 23.9 Å². The molecule has 9 nitrogen and oxygen atoms in total. The number of aliphatic hydroxyl groups is 1. The molecule has 3 atom stereocenters. The molecule has 0 spiro atoms. The van der Waals surface area contributed by atoms with Gasteiger partial charge in [-0.15, -0.1) is 6.42 Å². The van der Waals surface area contributed by atoms with Gasteiger partial charge in [-0.2, -0.15) is 0 Å². The van der Waals surface area contributed by atoms with E-state index in [1.165, 1.54) is 0 Å². The predicted molar refractivity (Wildman–Crippen MR) is 101 cm³/mol. The van der Waals surface area contributed by atoms with Gasteiger partial charge in [0.2, 0.25) is 6.23 Å². The van der Waals surface area contributed by atoms with Crippen LogP contribution in [0.2, 0.25) is 0 Å². The first-order valence-electron chi connectivity index (χ1n) is 8.89. The van der Waals surface area contributed by atoms with Crippen molar-refractivity contribution in [2.24, 2.45) is 0 Å². The summed E-state index contributed by atoms with van der Waals surface area (Å²) >= 11 is 0. The highest BCUT2D eigenvalue weighted by Crippen LogP contribution is 2.25. The molecule has 0 radical (unpaired) electrons. The van der Waals surface area contributed by atoms with Crippen LogP contribution >= 0.6 is 0 Å². The summed E-state index contributed by atoms with van der Waals surface area (Å²) in [5.74, 6) is 0.422. The number of para-hydroxylation sites is 1. The van der Waals surface area contributed by atoms with E-state index >= 15 is 0 Å². The summed E-state index contributed by atoms with van der Waals surface area (Å²) in [6.07, 6.45) is 2.16. The third-order valence-electron chi connectivity index (χ3n) is 3.73. The van der Waals surface area contributed by atoms with Crippen molar-refractivity contribution < 1.29 is 33.7 Å². The molecular weight excluding hydrogens is 380 g/mol. The van der Waals surface area contributed by atoms with Gasteiger partial charge in [-0.25, -0.2) is 4.79 Å². The molecule has 1 aliphatic rings. The summed E-state index contributed by atoms with van der Waals surface area (Å²) in [6.45, 7) is 4.35. The molecule has 1 fully saturated rings. The largest absolute Gasteiger partial charge is 0.484 e. The fourth-order valence-electron chi connectivity index (χ4n) is 2.54. The van der Waals surface area contributed by atoms with Gasteiger partial charge in [0.15, 0.2) is 18.9 Å². The number of esters is 1. The van der Waals surface area contributed by atoms with Gasteiger partial charge in [-0.3, -0.25) is 14.5 Å². The average Bonchev–Trinajstić information content (AvgIpc) is 2.66. The summed E-state index contributed by atoms with van der Waals surface area (Å²) < 4.78 is 15.7. The van der Waals surface area contributed by atoms with Crippen molar-refractivity contribution in [3.05, 3.63) is 30.3 Å². The van der Waals surface area contributed by atoms with Crippen molar-refractivity contribution in [3.8, 4) is 18.1 Å². The third kappa shape index (κ3) is 5.94. The highest BCUT2D eigenvalue weighted by Gasteiger charge is 2.54. The summed E-state index contributed by atoms with van der Waals surface area (Å²) in [4.78, 5) is 37.4. The van der Waals surface area contributed by atoms with Crippen LogP contribution < -0.4 is 10.1 Å². The number of terminal acetylenes is 1. The van der Waals surface area contributed by atoms with Crippen LogP contribution in [0.1, 0.15) is 20.8 Å². The van der Waals surface area contributed by atoms with Crippen LogP contribution in [0.3, 0.4) is 0 Å². The Hall–Kier alpha value is -3.09. The second-order valence-corrected chi connectivity index (χ2v) is 7.21. The van der Waals surface area contributed by atoms with Crippen LogP contribution in [0.15, 0.2) is 30.3 Å². The SMILES string of the molecule is C#CCO[C@H]1[C@@H](NC(=O)COc2ccccc2)C(=O)N1C(O)C(=O)OC(C)(C)C. The Balaban J connectivity index is 1.99. The van der Waals surface area contributed by atoms with Gasteiger partial charge in [0, 0.05) is 0 Å². The third-order valence-corrected chi connectivity index (χ3v) is 3.73. The number of β-lactam (4-membered cyclic amide) rings is 1. The summed E-state index contributed by atoms with van der Waals surface area (Å²) in [6, 6.07) is 7.55. The molecule has 0 aliphatic carbocycles. The zero-order valence-electron chi connectivity index (χ0n) is 16.5. The molecule has 1 heterocycles. The van der Waals surface area contributed by atoms with E-state index in [4.69, 9.17) is 20.6 Å². The number of hydrogen-bond acceptors (Lipinski definition) is 7. The first-order chi connectivity index (χ1) is 13.6. The van der Waals surface area contributed by atoms with Crippen molar-refractivity contribution in [2.45, 2.75) is 44.9 Å². The lowest BCUT2D eigenvalue weighted by Gasteiger charge is -2.47. The minimum Gasteiger partial charge on any atom is -0.484 e. The van der Waals surface area contributed by atoms with Gasteiger partial charge in [0.1, 0.15) is 18.0 Å². The summed E-state index contributed by atoms with van der Waals surface area (Å²) in [5.41, 5.74) is -0.858. The molecule has 2 amide bonds. The van der Waals surface area contributed by atoms with Crippen molar-refractivity contribution >= 4 is 17.8 Å². The molecule has 1 saturated heterocycles. The molecule has 1 aromatic carbocycles. The van der Waals surface area contributed by atoms with Gasteiger partial charge in [-0.1, -0.05) is 24.1 Å². The van der Waals surface area contributed by atoms with E-state index in [1.807, 2.05) is 0 Å². The second kappa shape index (κ2) is 9.41. The Bertz CT molecular complexity index is 782. The zero-order valence-corrected chi connectivity index (χ0v) is 16.5. The number of rotatable bonds is 8. The van der Waals surface area contributed by atoms with Crippen molar-refractivity contribution in [1.29, 1.82) is 0 Å². The average molecular weight is 404 g/mol. The normalized spacial score (nSPS) is 19.6. The fourth-order valence-corrected chi connectivity index (χ4v) is 2.54. The highest BCUT2D eigenvalue weighted by molar-refractivity contribution is 5.96. The number of ether oxygens (including phenoxy) is 3. The molecule has 29 heavy (non-hydrogen) atoms. The zero-order chi connectivity index (χ0) is 21.6. The molecule has 2 N–H and O–H groups in total. The van der Waals surface area contributed by atoms with Gasteiger partial charge >= 0.3 is 5.97 Å². The van der Waals surface area contributed by atoms with Gasteiger partial charge in [0.25, 0.3) is 11.8 Å². The summed E-state index contributed by atoms with van der Waals surface area (Å²) in [7, 11) is 0. The van der Waals surface area contributed by atoms with E-state index in [0.717, 1.165) is 4.90 Å². The summed E-state index contributed by atoms with van der Waals surface area (Å²) in [5, 5.41) is 12.7. The topological polar surface area (TPSA) is 114 Å². The first-order valence-corrected chi connectivity index (χ1v) is 8.89. The van der Waals surface area contributed by atoms with E-state index in [1.54, 1.807) is 51.1 Å². The Morgan fingerprint density at radius 2 is 1.97 bits per heavy atom. The van der Waals surface area contributed by atoms with Crippen molar-refractivity contribution in [2.75, 3.05) is 13.2 Å². The molecule has 0 aromatic heterocycles. The van der Waals surface area contributed by atoms with E-state index in [-0.39, 0.29) is 13.2 Å². The maximum absolute atomic E-state index is 12.4. The van der Waals surface area contributed by atoms with E-state index < -0.39 is 41.9 Å². The van der Waals surface area contributed by atoms with Crippen LogP contribution in [0, 0.1) is 12.3 Å². The number of benzene rings is 1. The van der Waals surface area contributed by atoms with Crippen molar-refractivity contribution in [3.63, 3.8) is 0 Å². The van der Waals surface area contributed by atoms with Crippen LogP contribution in [-0.4, -0.2) is 65.1 Å². The Morgan fingerprint density at radius 1 is 1.31 bits per heavy atom. The second-order valence-electron chi connectivity index (χ2n) is 7.21. The van der Waals surface area contributed by atoms with E-state index in [9.17, 15) is 19.5 Å². The molecule has 9 heteroatoms. The number of carbonyl (C=O) groups excluding carboxylic acids is 3. The molecule has 156 valence electrons. The lowest BCUT2D eigenvalue weighted by molar-refractivity contribution is -0.221. The Kier molecular flexibility index (Phi) is 7.20.